The molecule has 1 heterocycles. The average molecular weight is 376 g/mol. The molecule has 0 N–H and O–H groups in total. The number of piperazine rings is 1. The average Bonchev–Trinajstić information content (AvgIpc) is 2.52. The van der Waals surface area contributed by atoms with Gasteiger partial charge < -0.3 is 4.90 Å². The molecule has 136 valence electrons. The van der Waals surface area contributed by atoms with E-state index in [-0.39, 0.29) is 21.9 Å². The first-order chi connectivity index (χ1) is 11.0. The Bertz CT molecular complexity index is 789. The van der Waals surface area contributed by atoms with Gasteiger partial charge in [0.1, 0.15) is 0 Å². The van der Waals surface area contributed by atoms with Crippen molar-refractivity contribution in [3.8, 4) is 0 Å². The van der Waals surface area contributed by atoms with Crippen molar-refractivity contribution < 1.29 is 16.8 Å². The summed E-state index contributed by atoms with van der Waals surface area (Å²) < 4.78 is 52.5. The minimum atomic E-state index is -3.65. The molecule has 1 fully saturated rings. The van der Waals surface area contributed by atoms with Crippen LogP contribution in [0.3, 0.4) is 0 Å². The molecule has 0 bridgehead atoms. The molecule has 0 aromatic heterocycles. The molecule has 24 heavy (non-hydrogen) atoms. The van der Waals surface area contributed by atoms with Crippen molar-refractivity contribution in [2.45, 2.75) is 35.7 Å². The highest BCUT2D eigenvalue weighted by atomic mass is 32.2. The summed E-state index contributed by atoms with van der Waals surface area (Å²) >= 11 is 0. The van der Waals surface area contributed by atoms with Crippen molar-refractivity contribution in [1.82, 2.24) is 13.5 Å². The highest BCUT2D eigenvalue weighted by Crippen LogP contribution is 2.25. The number of hydrogen-bond donors (Lipinski definition) is 0. The molecular weight excluding hydrogens is 350 g/mol. The van der Waals surface area contributed by atoms with Crippen molar-refractivity contribution >= 4 is 20.0 Å². The summed E-state index contributed by atoms with van der Waals surface area (Å²) in [6, 6.07) is 5.36. The maximum absolute atomic E-state index is 12.9. The fourth-order valence-corrected chi connectivity index (χ4v) is 5.33. The first-order valence-corrected chi connectivity index (χ1v) is 10.6. The topological polar surface area (TPSA) is 78.0 Å². The molecule has 2 atom stereocenters. The Hall–Kier alpha value is -1.00. The van der Waals surface area contributed by atoms with E-state index in [1.165, 1.54) is 42.7 Å². The van der Waals surface area contributed by atoms with E-state index in [1.54, 1.807) is 0 Å². The van der Waals surface area contributed by atoms with E-state index < -0.39 is 20.0 Å². The molecule has 9 heteroatoms. The van der Waals surface area contributed by atoms with Crippen LogP contribution in [0.4, 0.5) is 0 Å². The van der Waals surface area contributed by atoms with Crippen LogP contribution in [0.25, 0.3) is 0 Å². The molecule has 0 saturated carbocycles. The lowest BCUT2D eigenvalue weighted by atomic mass is 10.1. The number of rotatable bonds is 4. The molecule has 7 nitrogen and oxygen atoms in total. The van der Waals surface area contributed by atoms with Gasteiger partial charge in [0, 0.05) is 39.3 Å². The molecule has 1 aliphatic rings. The van der Waals surface area contributed by atoms with E-state index in [0.717, 1.165) is 4.31 Å². The third kappa shape index (κ3) is 3.36. The molecule has 0 spiro atoms. The zero-order valence-corrected chi connectivity index (χ0v) is 16.3. The molecule has 0 unspecified atom stereocenters. The van der Waals surface area contributed by atoms with Gasteiger partial charge in [-0.3, -0.25) is 0 Å². The van der Waals surface area contributed by atoms with Crippen LogP contribution in [-0.4, -0.2) is 76.7 Å². The van der Waals surface area contributed by atoms with Crippen LogP contribution in [0.15, 0.2) is 34.1 Å². The van der Waals surface area contributed by atoms with E-state index in [1.807, 2.05) is 20.9 Å². The summed E-state index contributed by atoms with van der Waals surface area (Å²) in [6.45, 7) is 4.97. The summed E-state index contributed by atoms with van der Waals surface area (Å²) in [6.07, 6.45) is 0. The minimum absolute atomic E-state index is 0.0752. The minimum Gasteiger partial charge on any atom is -0.301 e. The number of sulfonamides is 2. The number of benzene rings is 1. The zero-order valence-electron chi connectivity index (χ0n) is 14.7. The van der Waals surface area contributed by atoms with Crippen molar-refractivity contribution in [3.63, 3.8) is 0 Å². The first kappa shape index (κ1) is 19.3. The Balaban J connectivity index is 2.34. The molecule has 0 aliphatic carbocycles. The van der Waals surface area contributed by atoms with Crippen LogP contribution >= 0.6 is 0 Å². The highest BCUT2D eigenvalue weighted by Gasteiger charge is 2.36. The maximum atomic E-state index is 12.9. The first-order valence-electron chi connectivity index (χ1n) is 7.74. The third-order valence-electron chi connectivity index (χ3n) is 4.73. The molecule has 1 aliphatic heterocycles. The van der Waals surface area contributed by atoms with E-state index in [4.69, 9.17) is 0 Å². The van der Waals surface area contributed by atoms with Crippen molar-refractivity contribution in [2.75, 3.05) is 34.2 Å². The molecule has 2 rings (SSSR count). The van der Waals surface area contributed by atoms with Gasteiger partial charge in [0.2, 0.25) is 20.0 Å². The Kier molecular flexibility index (Phi) is 5.41. The SMILES string of the molecule is C[C@@H]1[C@H](C)N(S(=O)(=O)c2ccc(S(=O)(=O)N(C)C)cc2)CCN1C. The van der Waals surface area contributed by atoms with Gasteiger partial charge in [-0.1, -0.05) is 0 Å². The molecule has 1 aromatic carbocycles. The van der Waals surface area contributed by atoms with Crippen LogP contribution in [0.1, 0.15) is 13.8 Å². The van der Waals surface area contributed by atoms with Crippen LogP contribution < -0.4 is 0 Å². The second kappa shape index (κ2) is 6.72. The van der Waals surface area contributed by atoms with E-state index in [0.29, 0.717) is 13.1 Å². The summed E-state index contributed by atoms with van der Waals surface area (Å²) in [4.78, 5) is 2.32. The van der Waals surface area contributed by atoms with Crippen molar-refractivity contribution in [2.24, 2.45) is 0 Å². The molecule has 1 saturated heterocycles. The van der Waals surface area contributed by atoms with Gasteiger partial charge in [-0.2, -0.15) is 4.31 Å². The third-order valence-corrected chi connectivity index (χ3v) is 8.56. The van der Waals surface area contributed by atoms with Gasteiger partial charge >= 0.3 is 0 Å². The van der Waals surface area contributed by atoms with Gasteiger partial charge in [0.05, 0.1) is 9.79 Å². The molecular formula is C15H25N3O4S2. The van der Waals surface area contributed by atoms with Gasteiger partial charge in [-0.25, -0.2) is 21.1 Å². The highest BCUT2D eigenvalue weighted by molar-refractivity contribution is 7.89. The van der Waals surface area contributed by atoms with Gasteiger partial charge in [-0.15, -0.1) is 0 Å². The lowest BCUT2D eigenvalue weighted by Gasteiger charge is -2.42. The van der Waals surface area contributed by atoms with Gasteiger partial charge in [-0.05, 0) is 45.2 Å². The number of hydrogen-bond acceptors (Lipinski definition) is 5. The van der Waals surface area contributed by atoms with E-state index in [2.05, 4.69) is 4.90 Å². The second-order valence-corrected chi connectivity index (χ2v) is 10.4. The monoisotopic (exact) mass is 375 g/mol. The second-order valence-electron chi connectivity index (χ2n) is 6.34. The molecule has 1 aromatic rings. The Labute approximate surface area is 145 Å². The largest absolute Gasteiger partial charge is 0.301 e. The van der Waals surface area contributed by atoms with Crippen LogP contribution in [-0.2, 0) is 20.0 Å². The zero-order chi connectivity index (χ0) is 18.3. The number of nitrogens with zero attached hydrogens (tertiary/aromatic N) is 3. The molecule has 0 amide bonds. The van der Waals surface area contributed by atoms with E-state index >= 15 is 0 Å². The quantitative estimate of drug-likeness (QED) is 0.772. The van der Waals surface area contributed by atoms with E-state index in [9.17, 15) is 16.8 Å². The predicted octanol–water partition coefficient (Wildman–Crippen LogP) is 0.650. The van der Waals surface area contributed by atoms with Gasteiger partial charge in [0.25, 0.3) is 0 Å². The Morgan fingerprint density at radius 2 is 1.42 bits per heavy atom. The summed E-state index contributed by atoms with van der Waals surface area (Å²) in [5.74, 6) is 0. The smallest absolute Gasteiger partial charge is 0.243 e. The fourth-order valence-electron chi connectivity index (χ4n) is 2.74. The van der Waals surface area contributed by atoms with Crippen LogP contribution in [0, 0.1) is 0 Å². The normalized spacial score (nSPS) is 24.4. The lowest BCUT2D eigenvalue weighted by Crippen LogP contribution is -2.57. The van der Waals surface area contributed by atoms with Crippen LogP contribution in [0.5, 0.6) is 0 Å². The van der Waals surface area contributed by atoms with Crippen LogP contribution in [0.2, 0.25) is 0 Å². The summed E-state index contributed by atoms with van der Waals surface area (Å²) in [5.41, 5.74) is 0. The summed E-state index contributed by atoms with van der Waals surface area (Å²) in [7, 11) is -2.37. The maximum Gasteiger partial charge on any atom is 0.243 e. The fraction of sp³-hybridized carbons (Fsp3) is 0.600. The lowest BCUT2D eigenvalue weighted by molar-refractivity contribution is 0.109. The Morgan fingerprint density at radius 3 is 1.92 bits per heavy atom. The number of likely N-dealkylation sites (N-methyl/N-ethyl adjacent to an activating group) is 1. The predicted molar refractivity (Wildman–Crippen MR) is 92.8 cm³/mol. The Morgan fingerprint density at radius 1 is 0.917 bits per heavy atom. The van der Waals surface area contributed by atoms with Crippen molar-refractivity contribution in [3.05, 3.63) is 24.3 Å². The standard InChI is InChI=1S/C15H25N3O4S2/c1-12-13(2)18(11-10-17(12)5)24(21,22)15-8-6-14(7-9-15)23(19,20)16(3)4/h6-9,12-13H,10-11H2,1-5H3/t12-,13+/m1/s1. The molecule has 0 radical (unpaired) electrons. The van der Waals surface area contributed by atoms with Gasteiger partial charge in [0.15, 0.2) is 0 Å². The van der Waals surface area contributed by atoms with Crippen molar-refractivity contribution in [1.29, 1.82) is 0 Å². The summed E-state index contributed by atoms with van der Waals surface area (Å²) in [5, 5.41) is 0.